The first-order valence-electron chi connectivity index (χ1n) is 5.18. The van der Waals surface area contributed by atoms with E-state index < -0.39 is 6.04 Å². The highest BCUT2D eigenvalue weighted by Crippen LogP contribution is 2.32. The first-order valence-corrected chi connectivity index (χ1v) is 5.81. The van der Waals surface area contributed by atoms with Crippen molar-refractivity contribution in [1.29, 1.82) is 0 Å². The summed E-state index contributed by atoms with van der Waals surface area (Å²) >= 11 is 3.99. The molecule has 0 aliphatic heterocycles. The van der Waals surface area contributed by atoms with Gasteiger partial charge in [-0.05, 0) is 12.3 Å². The van der Waals surface area contributed by atoms with Gasteiger partial charge in [0.25, 0.3) is 0 Å². The summed E-state index contributed by atoms with van der Waals surface area (Å²) in [6.45, 7) is 1.82. The van der Waals surface area contributed by atoms with E-state index in [1.54, 1.807) is 0 Å². The van der Waals surface area contributed by atoms with Gasteiger partial charge in [0.05, 0.1) is 6.61 Å². The number of hydrogen-bond donors (Lipinski definition) is 2. The van der Waals surface area contributed by atoms with Crippen molar-refractivity contribution in [2.75, 3.05) is 12.4 Å². The quantitative estimate of drug-likeness (QED) is 0.524. The molecule has 0 saturated heterocycles. The lowest BCUT2D eigenvalue weighted by Gasteiger charge is -2.14. The molecule has 1 N–H and O–H groups in total. The number of rotatable bonds is 6. The maximum absolute atomic E-state index is 11.4. The molecule has 0 aromatic heterocycles. The largest absolute Gasteiger partial charge is 0.464 e. The van der Waals surface area contributed by atoms with Crippen LogP contribution in [-0.4, -0.2) is 30.3 Å². The van der Waals surface area contributed by atoms with E-state index >= 15 is 0 Å². The van der Waals surface area contributed by atoms with E-state index in [-0.39, 0.29) is 17.6 Å². The summed E-state index contributed by atoms with van der Waals surface area (Å²) in [4.78, 5) is 22.2. The molecule has 5 heteroatoms. The number of carbonyl (C=O) groups excluding carboxylic acids is 2. The SMILES string of the molecule is CC(=O)N[C@@H](CS)C(=O)OCCC1CC1. The Morgan fingerprint density at radius 3 is 2.67 bits per heavy atom. The summed E-state index contributed by atoms with van der Waals surface area (Å²) in [5, 5.41) is 2.49. The van der Waals surface area contributed by atoms with Crippen molar-refractivity contribution in [3.63, 3.8) is 0 Å². The zero-order chi connectivity index (χ0) is 11.3. The summed E-state index contributed by atoms with van der Waals surface area (Å²) in [5.41, 5.74) is 0. The Kier molecular flexibility index (Phi) is 4.94. The van der Waals surface area contributed by atoms with Crippen LogP contribution < -0.4 is 5.32 Å². The number of thiol groups is 1. The highest BCUT2D eigenvalue weighted by atomic mass is 32.1. The summed E-state index contributed by atoms with van der Waals surface area (Å²) in [6.07, 6.45) is 3.43. The Balaban J connectivity index is 2.18. The van der Waals surface area contributed by atoms with Crippen LogP contribution in [0.25, 0.3) is 0 Å². The summed E-state index contributed by atoms with van der Waals surface area (Å²) in [7, 11) is 0. The third kappa shape index (κ3) is 5.06. The maximum atomic E-state index is 11.4. The van der Waals surface area contributed by atoms with Gasteiger partial charge in [-0.2, -0.15) is 12.6 Å². The van der Waals surface area contributed by atoms with Crippen LogP contribution >= 0.6 is 12.6 Å². The summed E-state index contributed by atoms with van der Waals surface area (Å²) < 4.78 is 5.04. The van der Waals surface area contributed by atoms with Gasteiger partial charge in [-0.1, -0.05) is 12.8 Å². The molecule has 0 unspecified atom stereocenters. The van der Waals surface area contributed by atoms with Crippen molar-refractivity contribution >= 4 is 24.5 Å². The second kappa shape index (κ2) is 6.00. The lowest BCUT2D eigenvalue weighted by atomic mass is 10.3. The minimum absolute atomic E-state index is 0.242. The zero-order valence-corrected chi connectivity index (χ0v) is 9.76. The molecule has 1 fully saturated rings. The summed E-state index contributed by atoms with van der Waals surface area (Å²) in [5.74, 6) is 0.379. The minimum Gasteiger partial charge on any atom is -0.464 e. The Bertz CT molecular complexity index is 241. The molecule has 15 heavy (non-hydrogen) atoms. The fourth-order valence-electron chi connectivity index (χ4n) is 1.26. The Morgan fingerprint density at radius 2 is 2.20 bits per heavy atom. The van der Waals surface area contributed by atoms with Gasteiger partial charge in [-0.25, -0.2) is 4.79 Å². The molecule has 86 valence electrons. The van der Waals surface area contributed by atoms with Crippen LogP contribution in [-0.2, 0) is 14.3 Å². The molecule has 0 aromatic rings. The molecular weight excluding hydrogens is 214 g/mol. The average Bonchev–Trinajstić information content (AvgIpc) is 2.97. The molecular formula is C10H17NO3S. The number of esters is 1. The van der Waals surface area contributed by atoms with Crippen LogP contribution in [0.15, 0.2) is 0 Å². The molecule has 1 rings (SSSR count). The van der Waals surface area contributed by atoms with Gasteiger partial charge in [-0.3, -0.25) is 4.79 Å². The first kappa shape index (κ1) is 12.4. The molecule has 1 saturated carbocycles. The predicted octanol–water partition coefficient (Wildman–Crippen LogP) is 0.764. The lowest BCUT2D eigenvalue weighted by molar-refractivity contribution is -0.147. The van der Waals surface area contributed by atoms with Crippen molar-refractivity contribution < 1.29 is 14.3 Å². The molecule has 1 amide bonds. The number of carbonyl (C=O) groups is 2. The summed E-state index contributed by atoms with van der Waals surface area (Å²) in [6, 6.07) is -0.620. The topological polar surface area (TPSA) is 55.4 Å². The second-order valence-electron chi connectivity index (χ2n) is 3.84. The number of nitrogens with one attached hydrogen (secondary N) is 1. The zero-order valence-electron chi connectivity index (χ0n) is 8.86. The van der Waals surface area contributed by atoms with Crippen LogP contribution in [0.5, 0.6) is 0 Å². The van der Waals surface area contributed by atoms with Crippen molar-refractivity contribution in [3.8, 4) is 0 Å². The van der Waals surface area contributed by atoms with E-state index in [0.29, 0.717) is 6.61 Å². The normalized spacial score (nSPS) is 16.9. The van der Waals surface area contributed by atoms with Gasteiger partial charge in [0.2, 0.25) is 5.91 Å². The van der Waals surface area contributed by atoms with E-state index in [2.05, 4.69) is 17.9 Å². The van der Waals surface area contributed by atoms with Crippen LogP contribution in [0.3, 0.4) is 0 Å². The molecule has 1 atom stereocenters. The van der Waals surface area contributed by atoms with Gasteiger partial charge in [0.15, 0.2) is 0 Å². The average molecular weight is 231 g/mol. The van der Waals surface area contributed by atoms with E-state index in [1.165, 1.54) is 19.8 Å². The minimum atomic E-state index is -0.620. The van der Waals surface area contributed by atoms with Gasteiger partial charge in [0.1, 0.15) is 6.04 Å². The maximum Gasteiger partial charge on any atom is 0.329 e. The number of ether oxygens (including phenoxy) is 1. The molecule has 0 heterocycles. The monoisotopic (exact) mass is 231 g/mol. The Hall–Kier alpha value is -0.710. The third-order valence-corrected chi connectivity index (χ3v) is 2.68. The molecule has 0 bridgehead atoms. The van der Waals surface area contributed by atoms with Crippen LogP contribution in [0.2, 0.25) is 0 Å². The van der Waals surface area contributed by atoms with Gasteiger partial charge < -0.3 is 10.1 Å². The smallest absolute Gasteiger partial charge is 0.329 e. The van der Waals surface area contributed by atoms with Gasteiger partial charge in [0, 0.05) is 12.7 Å². The van der Waals surface area contributed by atoms with Crippen molar-refractivity contribution in [2.45, 2.75) is 32.2 Å². The van der Waals surface area contributed by atoms with Gasteiger partial charge in [-0.15, -0.1) is 0 Å². The molecule has 1 aliphatic rings. The predicted molar refractivity (Wildman–Crippen MR) is 59.8 cm³/mol. The number of amides is 1. The molecule has 0 radical (unpaired) electrons. The number of hydrogen-bond acceptors (Lipinski definition) is 4. The van der Waals surface area contributed by atoms with Gasteiger partial charge >= 0.3 is 5.97 Å². The van der Waals surface area contributed by atoms with E-state index in [9.17, 15) is 9.59 Å². The molecule has 4 nitrogen and oxygen atoms in total. The highest BCUT2D eigenvalue weighted by Gasteiger charge is 2.23. The molecule has 1 aliphatic carbocycles. The van der Waals surface area contributed by atoms with E-state index in [4.69, 9.17) is 4.74 Å². The van der Waals surface area contributed by atoms with Crippen molar-refractivity contribution in [3.05, 3.63) is 0 Å². The Morgan fingerprint density at radius 1 is 1.53 bits per heavy atom. The van der Waals surface area contributed by atoms with Crippen LogP contribution in [0.1, 0.15) is 26.2 Å². The molecule has 0 spiro atoms. The fourth-order valence-corrected chi connectivity index (χ4v) is 1.50. The third-order valence-electron chi connectivity index (χ3n) is 2.31. The first-order chi connectivity index (χ1) is 7.13. The Labute approximate surface area is 95.2 Å². The highest BCUT2D eigenvalue weighted by molar-refractivity contribution is 7.80. The van der Waals surface area contributed by atoms with Crippen LogP contribution in [0, 0.1) is 5.92 Å². The van der Waals surface area contributed by atoms with E-state index in [1.807, 2.05) is 0 Å². The van der Waals surface area contributed by atoms with Crippen LogP contribution in [0.4, 0.5) is 0 Å². The van der Waals surface area contributed by atoms with Crippen molar-refractivity contribution in [1.82, 2.24) is 5.32 Å². The molecule has 0 aromatic carbocycles. The lowest BCUT2D eigenvalue weighted by Crippen LogP contribution is -2.42. The standard InChI is InChI=1S/C10H17NO3S/c1-7(12)11-9(6-15)10(13)14-5-4-8-2-3-8/h8-9,15H,2-6H2,1H3,(H,11,12)/t9-/m0/s1. The second-order valence-corrected chi connectivity index (χ2v) is 4.20. The fraction of sp³-hybridized carbons (Fsp3) is 0.800. The van der Waals surface area contributed by atoms with E-state index in [0.717, 1.165) is 12.3 Å². The van der Waals surface area contributed by atoms with Crippen molar-refractivity contribution in [2.24, 2.45) is 5.92 Å².